The van der Waals surface area contributed by atoms with E-state index in [0.717, 1.165) is 32.8 Å². The van der Waals surface area contributed by atoms with Crippen molar-refractivity contribution in [2.24, 2.45) is 5.10 Å². The van der Waals surface area contributed by atoms with Crippen LogP contribution in [0.25, 0.3) is 32.8 Å². The molecule has 7 rings (SSSR count). The fraction of sp³-hybridized carbons (Fsp3) is 0.0294. The van der Waals surface area contributed by atoms with Gasteiger partial charge in [0.25, 0.3) is 5.91 Å². The molecule has 1 aliphatic heterocycles. The lowest BCUT2D eigenvalue weighted by molar-refractivity contribution is 0.0733. The number of hydrogen-bond donors (Lipinski definition) is 2. The molecule has 1 aromatic heterocycles. The number of carbonyl (C=O) groups is 2. The molecule has 0 saturated heterocycles. The minimum atomic E-state index is -0.559. The number of aromatic amines is 1. The lowest BCUT2D eigenvalue weighted by atomic mass is 9.99. The van der Waals surface area contributed by atoms with Gasteiger partial charge in [-0.05, 0) is 41.3 Å². The summed E-state index contributed by atoms with van der Waals surface area (Å²) >= 11 is 0. The number of rotatable bonds is 6. The predicted octanol–water partition coefficient (Wildman–Crippen LogP) is 6.70. The first-order chi connectivity index (χ1) is 20.7. The van der Waals surface area contributed by atoms with Gasteiger partial charge in [0.05, 0.1) is 17.3 Å². The van der Waals surface area contributed by atoms with Crippen molar-refractivity contribution in [3.63, 3.8) is 0 Å². The van der Waals surface area contributed by atoms with Crippen LogP contribution in [0.4, 0.5) is 0 Å². The zero-order valence-electron chi connectivity index (χ0n) is 22.2. The number of nitrogens with one attached hydrogen (secondary N) is 2. The van der Waals surface area contributed by atoms with Gasteiger partial charge < -0.3 is 19.2 Å². The molecule has 2 heterocycles. The average molecular weight is 554 g/mol. The van der Waals surface area contributed by atoms with Crippen molar-refractivity contribution in [3.8, 4) is 28.4 Å². The summed E-state index contributed by atoms with van der Waals surface area (Å²) < 4.78 is 16.3. The molecular formula is C34H23N3O5. The van der Waals surface area contributed by atoms with Crippen LogP contribution in [0, 0.1) is 0 Å². The van der Waals surface area contributed by atoms with E-state index in [-0.39, 0.29) is 6.79 Å². The molecule has 0 radical (unpaired) electrons. The van der Waals surface area contributed by atoms with Crippen LogP contribution in [0.3, 0.4) is 0 Å². The molecule has 8 heteroatoms. The Morgan fingerprint density at radius 3 is 2.50 bits per heavy atom. The Morgan fingerprint density at radius 2 is 1.60 bits per heavy atom. The summed E-state index contributed by atoms with van der Waals surface area (Å²) in [7, 11) is 0. The number of amides is 1. The summed E-state index contributed by atoms with van der Waals surface area (Å²) in [6, 6.07) is 33.7. The van der Waals surface area contributed by atoms with E-state index in [9.17, 15) is 9.59 Å². The third-order valence-corrected chi connectivity index (χ3v) is 7.09. The van der Waals surface area contributed by atoms with Crippen molar-refractivity contribution < 1.29 is 23.8 Å². The molecule has 204 valence electrons. The van der Waals surface area contributed by atoms with Crippen molar-refractivity contribution in [3.05, 3.63) is 126 Å². The first kappa shape index (κ1) is 25.1. The molecule has 1 amide bonds. The van der Waals surface area contributed by atoms with Gasteiger partial charge in [0.15, 0.2) is 11.5 Å². The first-order valence-corrected chi connectivity index (χ1v) is 13.3. The summed E-state index contributed by atoms with van der Waals surface area (Å²) in [5.74, 6) is 0.395. The average Bonchev–Trinajstić information content (AvgIpc) is 3.67. The lowest BCUT2D eigenvalue weighted by Crippen LogP contribution is -2.19. The van der Waals surface area contributed by atoms with E-state index in [4.69, 9.17) is 14.2 Å². The van der Waals surface area contributed by atoms with E-state index in [1.807, 2.05) is 60.7 Å². The molecule has 1 aliphatic rings. The number of nitrogens with zero attached hydrogens (tertiary/aromatic N) is 1. The van der Waals surface area contributed by atoms with Crippen molar-refractivity contribution in [1.29, 1.82) is 0 Å². The van der Waals surface area contributed by atoms with E-state index in [1.165, 1.54) is 6.21 Å². The normalized spacial score (nSPS) is 12.2. The number of fused-ring (bicyclic) bond motifs is 4. The number of ether oxygens (including phenoxy) is 3. The number of carbonyl (C=O) groups excluding carboxylic acids is 2. The van der Waals surface area contributed by atoms with Gasteiger partial charge in [-0.15, -0.1) is 0 Å². The SMILES string of the molecule is O=C(Oc1ccccc1C=NNC(=O)c1[nH]c2c(ccc3ccccc32)c1-c1ccccc1)c1ccc2c(c1)OCO2. The number of H-pyrrole nitrogens is 1. The van der Waals surface area contributed by atoms with Gasteiger partial charge in [0, 0.05) is 21.9 Å². The van der Waals surface area contributed by atoms with Crippen LogP contribution < -0.4 is 19.6 Å². The molecule has 5 aromatic carbocycles. The molecule has 0 fully saturated rings. The molecule has 8 nitrogen and oxygen atoms in total. The molecular weight excluding hydrogens is 530 g/mol. The van der Waals surface area contributed by atoms with Crippen LogP contribution >= 0.6 is 0 Å². The van der Waals surface area contributed by atoms with E-state index in [2.05, 4.69) is 21.6 Å². The maximum absolute atomic E-state index is 13.5. The highest BCUT2D eigenvalue weighted by molar-refractivity contribution is 6.16. The van der Waals surface area contributed by atoms with Gasteiger partial charge >= 0.3 is 5.97 Å². The van der Waals surface area contributed by atoms with Gasteiger partial charge in [0.1, 0.15) is 11.4 Å². The van der Waals surface area contributed by atoms with E-state index in [0.29, 0.717) is 34.1 Å². The van der Waals surface area contributed by atoms with Gasteiger partial charge in [-0.1, -0.05) is 78.9 Å². The van der Waals surface area contributed by atoms with Gasteiger partial charge in [0.2, 0.25) is 6.79 Å². The maximum Gasteiger partial charge on any atom is 0.343 e. The topological polar surface area (TPSA) is 102 Å². The first-order valence-electron chi connectivity index (χ1n) is 13.3. The van der Waals surface area contributed by atoms with E-state index >= 15 is 0 Å². The number of hydrazone groups is 1. The Balaban J connectivity index is 1.16. The highest BCUT2D eigenvalue weighted by atomic mass is 16.7. The Hall–Kier alpha value is -5.89. The van der Waals surface area contributed by atoms with Crippen LogP contribution in [-0.2, 0) is 0 Å². The van der Waals surface area contributed by atoms with E-state index < -0.39 is 11.9 Å². The van der Waals surface area contributed by atoms with Gasteiger partial charge in [-0.25, -0.2) is 10.2 Å². The van der Waals surface area contributed by atoms with Crippen LogP contribution in [0.1, 0.15) is 26.4 Å². The molecule has 0 saturated carbocycles. The molecule has 6 aromatic rings. The summed E-state index contributed by atoms with van der Waals surface area (Å²) in [6.07, 6.45) is 1.44. The maximum atomic E-state index is 13.5. The molecule has 42 heavy (non-hydrogen) atoms. The van der Waals surface area contributed by atoms with Crippen molar-refractivity contribution >= 4 is 39.8 Å². The largest absolute Gasteiger partial charge is 0.454 e. The third kappa shape index (κ3) is 4.61. The van der Waals surface area contributed by atoms with Crippen molar-refractivity contribution in [1.82, 2.24) is 10.4 Å². The Bertz CT molecular complexity index is 2010. The fourth-order valence-electron chi connectivity index (χ4n) is 5.09. The predicted molar refractivity (Wildman–Crippen MR) is 160 cm³/mol. The number of hydrogen-bond acceptors (Lipinski definition) is 6. The number of para-hydroxylation sites is 1. The Labute approximate surface area is 240 Å². The zero-order valence-corrected chi connectivity index (χ0v) is 22.2. The van der Waals surface area contributed by atoms with Crippen LogP contribution in [-0.4, -0.2) is 29.9 Å². The van der Waals surface area contributed by atoms with Gasteiger partial charge in [-0.2, -0.15) is 5.10 Å². The summed E-state index contributed by atoms with van der Waals surface area (Å²) in [5, 5.41) is 7.23. The van der Waals surface area contributed by atoms with Gasteiger partial charge in [-0.3, -0.25) is 4.79 Å². The molecule has 0 aliphatic carbocycles. The van der Waals surface area contributed by atoms with Crippen LogP contribution in [0.5, 0.6) is 17.2 Å². The highest BCUT2D eigenvalue weighted by Crippen LogP contribution is 2.36. The second-order valence-electron chi connectivity index (χ2n) is 9.64. The highest BCUT2D eigenvalue weighted by Gasteiger charge is 2.21. The second kappa shape index (κ2) is 10.6. The van der Waals surface area contributed by atoms with Crippen molar-refractivity contribution in [2.75, 3.05) is 6.79 Å². The van der Waals surface area contributed by atoms with Crippen molar-refractivity contribution in [2.45, 2.75) is 0 Å². The standard InChI is InChI=1S/C34H23N3O5/c38-33(32-30(22-9-2-1-3-10-22)26-16-14-21-8-4-6-12-25(21)31(26)36-32)37-35-19-24-11-5-7-13-27(24)42-34(39)23-15-17-28-29(18-23)41-20-40-28/h1-19,36H,20H2,(H,37,38). The Morgan fingerprint density at radius 1 is 0.810 bits per heavy atom. The molecule has 0 bridgehead atoms. The molecule has 0 unspecified atom stereocenters. The minimum absolute atomic E-state index is 0.112. The number of esters is 1. The Kier molecular flexibility index (Phi) is 6.33. The minimum Gasteiger partial charge on any atom is -0.454 e. The molecule has 0 atom stereocenters. The van der Waals surface area contributed by atoms with Crippen LogP contribution in [0.15, 0.2) is 114 Å². The fourth-order valence-corrected chi connectivity index (χ4v) is 5.09. The quantitative estimate of drug-likeness (QED) is 0.103. The second-order valence-corrected chi connectivity index (χ2v) is 9.64. The third-order valence-electron chi connectivity index (χ3n) is 7.09. The molecule has 2 N–H and O–H groups in total. The summed E-state index contributed by atoms with van der Waals surface area (Å²) in [5.41, 5.74) is 6.44. The summed E-state index contributed by atoms with van der Waals surface area (Å²) in [4.78, 5) is 29.7. The zero-order chi connectivity index (χ0) is 28.5. The van der Waals surface area contributed by atoms with E-state index in [1.54, 1.807) is 42.5 Å². The summed E-state index contributed by atoms with van der Waals surface area (Å²) in [6.45, 7) is 0.112. The smallest absolute Gasteiger partial charge is 0.343 e. The lowest BCUT2D eigenvalue weighted by Gasteiger charge is -2.08. The number of benzene rings is 5. The monoisotopic (exact) mass is 553 g/mol. The molecule has 0 spiro atoms. The van der Waals surface area contributed by atoms with Crippen LogP contribution in [0.2, 0.25) is 0 Å². The number of aromatic nitrogens is 1.